The molecule has 0 aliphatic rings. The third kappa shape index (κ3) is 4.38. The van der Waals surface area contributed by atoms with Crippen molar-refractivity contribution in [2.24, 2.45) is 0 Å². The normalized spacial score (nSPS) is 11.1. The molecule has 0 spiro atoms. The Morgan fingerprint density at radius 1 is 0.500 bits per heavy atom. The molecular weight excluding hydrogens is 611 g/mol. The molecule has 0 saturated heterocycles. The first-order valence-electron chi connectivity index (χ1n) is 16.3. The summed E-state index contributed by atoms with van der Waals surface area (Å²) in [5, 5.41) is 23.7. The number of benzene rings is 7. The van der Waals surface area contributed by atoms with E-state index in [1.54, 1.807) is 0 Å². The summed E-state index contributed by atoms with van der Waals surface area (Å²) in [6, 6.07) is 55.8. The first-order chi connectivity index (χ1) is 24.7. The van der Waals surface area contributed by atoms with Crippen molar-refractivity contribution in [2.75, 3.05) is 0 Å². The Morgan fingerprint density at radius 2 is 1.16 bits per heavy atom. The summed E-state index contributed by atoms with van der Waals surface area (Å²) in [5.41, 5.74) is 11.8. The number of nitriles is 2. The van der Waals surface area contributed by atoms with E-state index in [0.717, 1.165) is 66.5 Å². The van der Waals surface area contributed by atoms with E-state index in [-0.39, 0.29) is 0 Å². The maximum absolute atomic E-state index is 9.99. The predicted octanol–water partition coefficient (Wildman–Crippen LogP) is 11.5. The van der Waals surface area contributed by atoms with Crippen LogP contribution in [0.3, 0.4) is 0 Å². The van der Waals surface area contributed by atoms with Gasteiger partial charge in [0.2, 0.25) is 0 Å². The zero-order valence-corrected chi connectivity index (χ0v) is 26.7. The highest BCUT2D eigenvalue weighted by molar-refractivity contribution is 6.12. The molecule has 2 heterocycles. The summed E-state index contributed by atoms with van der Waals surface area (Å²) in [6.07, 6.45) is 0. The fraction of sp³-hybridized carbons (Fsp3) is 0. The number of fused-ring (bicyclic) bond motifs is 6. The van der Waals surface area contributed by atoms with E-state index in [2.05, 4.69) is 129 Å². The van der Waals surface area contributed by atoms with Gasteiger partial charge in [-0.05, 0) is 83.4 Å². The van der Waals surface area contributed by atoms with Crippen LogP contribution in [0.15, 0.2) is 152 Å². The number of nitrogens with zero attached hydrogens (tertiary/aromatic N) is 5. The molecule has 0 atom stereocenters. The smallest absolute Gasteiger partial charge is 0.189 e. The maximum atomic E-state index is 9.99. The van der Waals surface area contributed by atoms with Crippen LogP contribution in [0.5, 0.6) is 0 Å². The fourth-order valence-electron chi connectivity index (χ4n) is 7.40. The van der Waals surface area contributed by atoms with Gasteiger partial charge in [-0.1, -0.05) is 84.9 Å². The fourth-order valence-corrected chi connectivity index (χ4v) is 7.40. The van der Waals surface area contributed by atoms with Crippen LogP contribution in [-0.4, -0.2) is 9.13 Å². The van der Waals surface area contributed by atoms with E-state index in [9.17, 15) is 10.5 Å². The Balaban J connectivity index is 1.22. The van der Waals surface area contributed by atoms with Gasteiger partial charge < -0.3 is 9.13 Å². The number of para-hydroxylation sites is 2. The number of hydrogen-bond donors (Lipinski definition) is 0. The van der Waals surface area contributed by atoms with E-state index >= 15 is 0 Å². The topological polar surface area (TPSA) is 61.8 Å². The van der Waals surface area contributed by atoms with Gasteiger partial charge in [0.15, 0.2) is 5.69 Å². The number of rotatable bonds is 4. The molecule has 0 N–H and O–H groups in total. The van der Waals surface area contributed by atoms with Crippen LogP contribution in [0.1, 0.15) is 11.1 Å². The molecule has 0 aliphatic carbocycles. The molecule has 2 aromatic heterocycles. The maximum Gasteiger partial charge on any atom is 0.189 e. The third-order valence-corrected chi connectivity index (χ3v) is 9.58. The van der Waals surface area contributed by atoms with Gasteiger partial charge in [-0.2, -0.15) is 10.5 Å². The number of aromatic nitrogens is 2. The minimum Gasteiger partial charge on any atom is -0.310 e. The van der Waals surface area contributed by atoms with Crippen molar-refractivity contribution < 1.29 is 0 Å². The first kappa shape index (κ1) is 28.8. The quantitative estimate of drug-likeness (QED) is 0.181. The van der Waals surface area contributed by atoms with Crippen LogP contribution < -0.4 is 0 Å². The van der Waals surface area contributed by atoms with Crippen LogP contribution in [-0.2, 0) is 0 Å². The lowest BCUT2D eigenvalue weighted by Crippen LogP contribution is -1.97. The van der Waals surface area contributed by atoms with Gasteiger partial charge in [-0.25, -0.2) is 4.85 Å². The second kappa shape index (κ2) is 11.4. The molecule has 0 radical (unpaired) electrons. The van der Waals surface area contributed by atoms with Gasteiger partial charge in [-0.15, -0.1) is 0 Å². The highest BCUT2D eigenvalue weighted by Gasteiger charge is 2.18. The van der Waals surface area contributed by atoms with Crippen molar-refractivity contribution in [3.63, 3.8) is 0 Å². The molecule has 0 unspecified atom stereocenters. The second-order valence-electron chi connectivity index (χ2n) is 12.3. The monoisotopic (exact) mass is 635 g/mol. The molecule has 0 saturated carbocycles. The van der Waals surface area contributed by atoms with Gasteiger partial charge in [-0.3, -0.25) is 0 Å². The van der Waals surface area contributed by atoms with Crippen molar-refractivity contribution in [1.29, 1.82) is 10.5 Å². The van der Waals surface area contributed by atoms with E-state index in [1.807, 2.05) is 48.5 Å². The van der Waals surface area contributed by atoms with Crippen LogP contribution in [0.4, 0.5) is 5.69 Å². The summed E-state index contributed by atoms with van der Waals surface area (Å²) in [6.45, 7) is 7.82. The summed E-state index contributed by atoms with van der Waals surface area (Å²) in [7, 11) is 0. The van der Waals surface area contributed by atoms with E-state index < -0.39 is 0 Å². The Kier molecular flexibility index (Phi) is 6.56. The first-order valence-corrected chi connectivity index (χ1v) is 16.3. The molecule has 0 aliphatic heterocycles. The molecule has 5 heteroatoms. The molecule has 0 amide bonds. The Morgan fingerprint density at radius 3 is 1.90 bits per heavy atom. The Labute approximate surface area is 288 Å². The Bertz CT molecular complexity index is 2920. The van der Waals surface area contributed by atoms with Gasteiger partial charge in [0.25, 0.3) is 0 Å². The van der Waals surface area contributed by atoms with Crippen LogP contribution in [0.2, 0.25) is 0 Å². The zero-order valence-electron chi connectivity index (χ0n) is 26.7. The lowest BCUT2D eigenvalue weighted by Gasteiger charge is -2.16. The average Bonchev–Trinajstić information content (AvgIpc) is 3.70. The van der Waals surface area contributed by atoms with Gasteiger partial charge >= 0.3 is 0 Å². The Hall–Kier alpha value is -7.39. The highest BCUT2D eigenvalue weighted by Crippen LogP contribution is 2.40. The van der Waals surface area contributed by atoms with Crippen LogP contribution >= 0.6 is 0 Å². The molecule has 230 valence electrons. The molecular formula is C45H25N5. The number of hydrogen-bond acceptors (Lipinski definition) is 2. The van der Waals surface area contributed by atoms with Gasteiger partial charge in [0.1, 0.15) is 0 Å². The van der Waals surface area contributed by atoms with Crippen LogP contribution in [0.25, 0.3) is 82.1 Å². The van der Waals surface area contributed by atoms with Crippen molar-refractivity contribution in [3.05, 3.63) is 174 Å². The van der Waals surface area contributed by atoms with E-state index in [4.69, 9.17) is 6.57 Å². The predicted molar refractivity (Wildman–Crippen MR) is 202 cm³/mol. The molecule has 5 nitrogen and oxygen atoms in total. The summed E-state index contributed by atoms with van der Waals surface area (Å²) < 4.78 is 4.45. The van der Waals surface area contributed by atoms with Crippen LogP contribution in [0, 0.1) is 29.2 Å². The lowest BCUT2D eigenvalue weighted by atomic mass is 9.97. The molecule has 0 bridgehead atoms. The van der Waals surface area contributed by atoms with Gasteiger partial charge in [0, 0.05) is 38.5 Å². The average molecular weight is 636 g/mol. The standard InChI is InChI=1S/C45H25N5/c1-48-34-20-21-36(44(26-34)50-40-16-4-2-14-37(40)38-15-3-5-17-41(38)50)32-11-6-9-30(24-32)31-10-7-13-35(25-31)49-42-22-19-29(27-46)23-39(42)45-33(28-47)12-8-18-43(45)49/h2-26H. The third-order valence-electron chi connectivity index (χ3n) is 9.58. The molecule has 50 heavy (non-hydrogen) atoms. The summed E-state index contributed by atoms with van der Waals surface area (Å²) in [4.78, 5) is 3.80. The van der Waals surface area contributed by atoms with Crippen molar-refractivity contribution in [1.82, 2.24) is 9.13 Å². The molecule has 7 aromatic carbocycles. The lowest BCUT2D eigenvalue weighted by molar-refractivity contribution is 1.18. The zero-order chi connectivity index (χ0) is 33.8. The van der Waals surface area contributed by atoms with E-state index in [0.29, 0.717) is 16.8 Å². The SMILES string of the molecule is [C-]#[N+]c1ccc(-c2cccc(-c3cccc(-n4c5ccc(C#N)cc5c5c(C#N)cccc54)c3)c2)c(-n2c3ccccc3c3ccccc32)c1. The largest absolute Gasteiger partial charge is 0.310 e. The summed E-state index contributed by atoms with van der Waals surface area (Å²) in [5.74, 6) is 0. The molecule has 0 fully saturated rings. The summed E-state index contributed by atoms with van der Waals surface area (Å²) >= 11 is 0. The minimum absolute atomic E-state index is 0.555. The van der Waals surface area contributed by atoms with Crippen molar-refractivity contribution in [2.45, 2.75) is 0 Å². The molecule has 9 aromatic rings. The second-order valence-corrected chi connectivity index (χ2v) is 12.3. The van der Waals surface area contributed by atoms with Crippen molar-refractivity contribution in [3.8, 4) is 45.8 Å². The van der Waals surface area contributed by atoms with Gasteiger partial charge in [0.05, 0.1) is 51.9 Å². The highest BCUT2D eigenvalue weighted by atomic mass is 15.0. The molecule has 9 rings (SSSR count). The minimum atomic E-state index is 0.555. The van der Waals surface area contributed by atoms with Crippen molar-refractivity contribution >= 4 is 49.3 Å². The van der Waals surface area contributed by atoms with E-state index in [1.165, 1.54) is 10.8 Å².